The Hall–Kier alpha value is -1.25. The Morgan fingerprint density at radius 1 is 1.05 bits per heavy atom. The number of halogens is 1. The van der Waals surface area contributed by atoms with Crippen LogP contribution in [0.5, 0.6) is 0 Å². The van der Waals surface area contributed by atoms with Gasteiger partial charge >= 0.3 is 0 Å². The molecule has 22 heavy (non-hydrogen) atoms. The summed E-state index contributed by atoms with van der Waals surface area (Å²) in [5.41, 5.74) is -0.351. The van der Waals surface area contributed by atoms with Crippen LogP contribution in [-0.2, 0) is 11.3 Å². The van der Waals surface area contributed by atoms with Gasteiger partial charge in [0.05, 0.1) is 0 Å². The highest BCUT2D eigenvalue weighted by Gasteiger charge is 2.20. The largest absolute Gasteiger partial charge is 0.355 e. The molecule has 0 aliphatic carbocycles. The highest BCUT2D eigenvalue weighted by molar-refractivity contribution is 14.0. The Morgan fingerprint density at radius 2 is 1.59 bits per heavy atom. The van der Waals surface area contributed by atoms with Crippen LogP contribution in [0.4, 0.5) is 0 Å². The monoisotopic (exact) mass is 421 g/mol. The van der Waals surface area contributed by atoms with Crippen molar-refractivity contribution in [1.29, 1.82) is 0 Å². The van der Waals surface area contributed by atoms with Crippen molar-refractivity contribution in [3.8, 4) is 0 Å². The zero-order valence-electron chi connectivity index (χ0n) is 13.8. The standard InChI is InChI=1S/C15H27N5O.HI/c1-15(2,3)13(21)17-7-8-18-14(16-4)19-9-12-20-10-5-6-11-20;/h5-6,10-11H,7-9,12H2,1-4H3,(H,17,21)(H2,16,18,19);1H. The SMILES string of the molecule is CN=C(NCCNC(=O)C(C)(C)C)NCCn1cccc1.I. The van der Waals surface area contributed by atoms with Crippen LogP contribution in [0.3, 0.4) is 0 Å². The summed E-state index contributed by atoms with van der Waals surface area (Å²) in [6.07, 6.45) is 4.06. The van der Waals surface area contributed by atoms with E-state index < -0.39 is 0 Å². The number of nitrogens with zero attached hydrogens (tertiary/aromatic N) is 2. The van der Waals surface area contributed by atoms with Crippen molar-refractivity contribution in [2.45, 2.75) is 27.3 Å². The average molecular weight is 421 g/mol. The van der Waals surface area contributed by atoms with E-state index in [0.29, 0.717) is 13.1 Å². The van der Waals surface area contributed by atoms with Crippen molar-refractivity contribution in [2.24, 2.45) is 10.4 Å². The molecule has 0 aliphatic rings. The molecular weight excluding hydrogens is 393 g/mol. The lowest BCUT2D eigenvalue weighted by atomic mass is 9.96. The van der Waals surface area contributed by atoms with Gasteiger partial charge in [-0.05, 0) is 12.1 Å². The van der Waals surface area contributed by atoms with Crippen molar-refractivity contribution in [1.82, 2.24) is 20.5 Å². The highest BCUT2D eigenvalue weighted by atomic mass is 127. The van der Waals surface area contributed by atoms with Gasteiger partial charge in [0.15, 0.2) is 5.96 Å². The first-order valence-corrected chi connectivity index (χ1v) is 7.27. The lowest BCUT2D eigenvalue weighted by molar-refractivity contribution is -0.128. The number of carbonyl (C=O) groups excluding carboxylic acids is 1. The van der Waals surface area contributed by atoms with Crippen molar-refractivity contribution in [3.05, 3.63) is 24.5 Å². The first-order chi connectivity index (χ1) is 9.93. The van der Waals surface area contributed by atoms with E-state index in [-0.39, 0.29) is 35.3 Å². The molecule has 0 saturated carbocycles. The van der Waals surface area contributed by atoms with E-state index in [2.05, 4.69) is 25.5 Å². The maximum Gasteiger partial charge on any atom is 0.225 e. The first kappa shape index (κ1) is 20.8. The summed E-state index contributed by atoms with van der Waals surface area (Å²) in [5.74, 6) is 0.798. The molecule has 0 fully saturated rings. The predicted molar refractivity (Wildman–Crippen MR) is 102 cm³/mol. The molecule has 0 aliphatic heterocycles. The van der Waals surface area contributed by atoms with Crippen LogP contribution in [0.1, 0.15) is 20.8 Å². The summed E-state index contributed by atoms with van der Waals surface area (Å²) in [5, 5.41) is 9.29. The summed E-state index contributed by atoms with van der Waals surface area (Å²) in [7, 11) is 1.73. The molecule has 1 amide bonds. The van der Waals surface area contributed by atoms with Gasteiger partial charge in [-0.1, -0.05) is 20.8 Å². The molecule has 1 rings (SSSR count). The van der Waals surface area contributed by atoms with E-state index in [0.717, 1.165) is 19.0 Å². The van der Waals surface area contributed by atoms with E-state index in [4.69, 9.17) is 0 Å². The lowest BCUT2D eigenvalue weighted by Gasteiger charge is -2.18. The number of hydrogen-bond donors (Lipinski definition) is 3. The van der Waals surface area contributed by atoms with Gasteiger partial charge in [-0.3, -0.25) is 9.79 Å². The second kappa shape index (κ2) is 10.5. The fourth-order valence-electron chi connectivity index (χ4n) is 1.67. The van der Waals surface area contributed by atoms with Crippen LogP contribution in [0.15, 0.2) is 29.5 Å². The van der Waals surface area contributed by atoms with Gasteiger partial charge in [0.1, 0.15) is 0 Å². The molecule has 1 aromatic heterocycles. The maximum absolute atomic E-state index is 11.7. The van der Waals surface area contributed by atoms with Crippen molar-refractivity contribution in [3.63, 3.8) is 0 Å². The summed E-state index contributed by atoms with van der Waals surface area (Å²) < 4.78 is 2.10. The quantitative estimate of drug-likeness (QED) is 0.282. The fourth-order valence-corrected chi connectivity index (χ4v) is 1.67. The number of carbonyl (C=O) groups is 1. The zero-order chi connectivity index (χ0) is 15.7. The van der Waals surface area contributed by atoms with E-state index >= 15 is 0 Å². The average Bonchev–Trinajstić information content (AvgIpc) is 2.93. The van der Waals surface area contributed by atoms with Crippen LogP contribution in [-0.4, -0.2) is 43.1 Å². The van der Waals surface area contributed by atoms with Gasteiger partial charge in [-0.25, -0.2) is 0 Å². The molecule has 1 heterocycles. The Kier molecular flexibility index (Phi) is 9.88. The molecule has 126 valence electrons. The van der Waals surface area contributed by atoms with E-state index in [1.165, 1.54) is 0 Å². The number of guanidine groups is 1. The molecule has 1 aromatic rings. The Balaban J connectivity index is 0.00000441. The Bertz CT molecular complexity index is 451. The molecule has 0 unspecified atom stereocenters. The fraction of sp³-hybridized carbons (Fsp3) is 0.600. The number of amides is 1. The van der Waals surface area contributed by atoms with Crippen molar-refractivity contribution < 1.29 is 4.79 Å². The molecule has 0 spiro atoms. The van der Waals surface area contributed by atoms with Crippen LogP contribution in [0.25, 0.3) is 0 Å². The molecule has 0 radical (unpaired) electrons. The van der Waals surface area contributed by atoms with Gasteiger partial charge in [0.25, 0.3) is 0 Å². The number of hydrogen-bond acceptors (Lipinski definition) is 2. The summed E-state index contributed by atoms with van der Waals surface area (Å²) in [4.78, 5) is 15.8. The van der Waals surface area contributed by atoms with E-state index in [9.17, 15) is 4.79 Å². The van der Waals surface area contributed by atoms with Crippen LogP contribution in [0.2, 0.25) is 0 Å². The summed E-state index contributed by atoms with van der Waals surface area (Å²) >= 11 is 0. The van der Waals surface area contributed by atoms with Crippen LogP contribution < -0.4 is 16.0 Å². The second-order valence-corrected chi connectivity index (χ2v) is 5.85. The molecule has 7 heteroatoms. The zero-order valence-corrected chi connectivity index (χ0v) is 16.2. The third-order valence-corrected chi connectivity index (χ3v) is 2.94. The van der Waals surface area contributed by atoms with Crippen molar-refractivity contribution >= 4 is 35.8 Å². The Morgan fingerprint density at radius 3 is 2.14 bits per heavy atom. The third kappa shape index (κ3) is 8.26. The molecule has 0 saturated heterocycles. The summed E-state index contributed by atoms with van der Waals surface area (Å²) in [6, 6.07) is 4.01. The van der Waals surface area contributed by atoms with Gasteiger partial charge in [-0.15, -0.1) is 24.0 Å². The topological polar surface area (TPSA) is 70.4 Å². The minimum atomic E-state index is -0.351. The molecule has 3 N–H and O–H groups in total. The van der Waals surface area contributed by atoms with E-state index in [1.807, 2.05) is 45.3 Å². The molecule has 6 nitrogen and oxygen atoms in total. The summed E-state index contributed by atoms with van der Waals surface area (Å²) in [6.45, 7) is 8.60. The predicted octanol–water partition coefficient (Wildman–Crippen LogP) is 1.43. The third-order valence-electron chi connectivity index (χ3n) is 2.94. The number of aromatic nitrogens is 1. The smallest absolute Gasteiger partial charge is 0.225 e. The maximum atomic E-state index is 11.7. The van der Waals surface area contributed by atoms with Crippen LogP contribution >= 0.6 is 24.0 Å². The van der Waals surface area contributed by atoms with Crippen molar-refractivity contribution in [2.75, 3.05) is 26.7 Å². The first-order valence-electron chi connectivity index (χ1n) is 7.27. The molecule has 0 bridgehead atoms. The minimum absolute atomic E-state index is 0. The molecular formula is C15H28IN5O. The second-order valence-electron chi connectivity index (χ2n) is 5.85. The number of nitrogens with one attached hydrogen (secondary N) is 3. The van der Waals surface area contributed by atoms with Gasteiger partial charge in [-0.2, -0.15) is 0 Å². The minimum Gasteiger partial charge on any atom is -0.355 e. The van der Waals surface area contributed by atoms with Gasteiger partial charge in [0.2, 0.25) is 5.91 Å². The van der Waals surface area contributed by atoms with Gasteiger partial charge < -0.3 is 20.5 Å². The normalized spacial score (nSPS) is 11.5. The van der Waals surface area contributed by atoms with Gasteiger partial charge in [0, 0.05) is 51.0 Å². The molecule has 0 aromatic carbocycles. The highest BCUT2D eigenvalue weighted by Crippen LogP contribution is 2.11. The van der Waals surface area contributed by atoms with Crippen LogP contribution in [0, 0.1) is 5.41 Å². The molecule has 0 atom stereocenters. The number of aliphatic imine (C=N–C) groups is 1. The lowest BCUT2D eigenvalue weighted by Crippen LogP contribution is -2.44. The van der Waals surface area contributed by atoms with E-state index in [1.54, 1.807) is 7.05 Å². The Labute approximate surface area is 150 Å². The number of rotatable bonds is 6.